The van der Waals surface area contributed by atoms with E-state index < -0.39 is 0 Å². The van der Waals surface area contributed by atoms with Crippen LogP contribution in [-0.2, 0) is 11.2 Å². The quantitative estimate of drug-likeness (QED) is 0.417. The van der Waals surface area contributed by atoms with Crippen molar-refractivity contribution < 1.29 is 9.21 Å². The maximum atomic E-state index is 11.9. The second-order valence-corrected chi connectivity index (χ2v) is 7.04. The van der Waals surface area contributed by atoms with E-state index in [9.17, 15) is 4.79 Å². The molecule has 1 amide bonds. The molecule has 6 nitrogen and oxygen atoms in total. The van der Waals surface area contributed by atoms with Gasteiger partial charge in [0.1, 0.15) is 5.76 Å². The predicted molar refractivity (Wildman–Crippen MR) is 109 cm³/mol. The fourth-order valence-electron chi connectivity index (χ4n) is 3.35. The molecule has 1 unspecified atom stereocenters. The van der Waals surface area contributed by atoms with Crippen LogP contribution in [0.1, 0.15) is 32.4 Å². The molecule has 1 atom stereocenters. The van der Waals surface area contributed by atoms with Crippen molar-refractivity contribution in [2.45, 2.75) is 39.2 Å². The molecule has 140 valence electrons. The van der Waals surface area contributed by atoms with Crippen molar-refractivity contribution in [2.75, 3.05) is 32.7 Å². The highest BCUT2D eigenvalue weighted by Crippen LogP contribution is 2.22. The normalized spacial score (nSPS) is 20.7. The number of nitrogens with one attached hydrogen (secondary N) is 1. The van der Waals surface area contributed by atoms with Crippen LogP contribution < -0.4 is 5.32 Å². The highest BCUT2D eigenvalue weighted by atomic mass is 127. The van der Waals surface area contributed by atoms with Gasteiger partial charge in [0, 0.05) is 51.6 Å². The maximum Gasteiger partial charge on any atom is 0.223 e. The lowest BCUT2D eigenvalue weighted by molar-refractivity contribution is -0.130. The standard InChI is InChI=1S/C18H28N4O2.HI/c1-14(2)12-20-18(19-8-7-16-4-3-11-24-16)21-9-10-22-15(13-21)5-6-17(22)23;/h3-4,11,14-15H,5-10,12-13H2,1-2H3,(H,19,20);1H. The zero-order chi connectivity index (χ0) is 16.9. The average Bonchev–Trinajstić information content (AvgIpc) is 3.20. The van der Waals surface area contributed by atoms with Crippen LogP contribution in [0.5, 0.6) is 0 Å². The second-order valence-electron chi connectivity index (χ2n) is 7.04. The van der Waals surface area contributed by atoms with E-state index >= 15 is 0 Å². The van der Waals surface area contributed by atoms with Crippen LogP contribution in [0.2, 0.25) is 0 Å². The number of halogens is 1. The summed E-state index contributed by atoms with van der Waals surface area (Å²) >= 11 is 0. The molecule has 2 aliphatic heterocycles. The number of piperazine rings is 1. The molecule has 25 heavy (non-hydrogen) atoms. The van der Waals surface area contributed by atoms with E-state index in [1.54, 1.807) is 6.26 Å². The first-order valence-electron chi connectivity index (χ1n) is 8.98. The van der Waals surface area contributed by atoms with Gasteiger partial charge >= 0.3 is 0 Å². The lowest BCUT2D eigenvalue weighted by Gasteiger charge is -2.39. The molecular formula is C18H29IN4O2. The van der Waals surface area contributed by atoms with Gasteiger partial charge in [-0.1, -0.05) is 13.8 Å². The lowest BCUT2D eigenvalue weighted by Crippen LogP contribution is -2.56. The second kappa shape index (κ2) is 9.45. The van der Waals surface area contributed by atoms with E-state index in [-0.39, 0.29) is 24.0 Å². The van der Waals surface area contributed by atoms with Gasteiger partial charge in [0.05, 0.1) is 6.26 Å². The molecular weight excluding hydrogens is 431 g/mol. The molecule has 1 aromatic heterocycles. The average molecular weight is 460 g/mol. The Morgan fingerprint density at radius 1 is 1.44 bits per heavy atom. The number of guanidine groups is 1. The highest BCUT2D eigenvalue weighted by Gasteiger charge is 2.36. The van der Waals surface area contributed by atoms with Crippen LogP contribution in [-0.4, -0.2) is 60.4 Å². The Balaban J connectivity index is 0.00000225. The fourth-order valence-corrected chi connectivity index (χ4v) is 3.35. The Morgan fingerprint density at radius 3 is 3.00 bits per heavy atom. The van der Waals surface area contributed by atoms with Crippen molar-refractivity contribution in [1.82, 2.24) is 15.1 Å². The number of carbonyl (C=O) groups excluding carboxylic acids is 1. The van der Waals surface area contributed by atoms with Crippen molar-refractivity contribution in [2.24, 2.45) is 10.9 Å². The fraction of sp³-hybridized carbons (Fsp3) is 0.667. The van der Waals surface area contributed by atoms with Gasteiger partial charge in [0.25, 0.3) is 0 Å². The van der Waals surface area contributed by atoms with Gasteiger partial charge in [-0.25, -0.2) is 0 Å². The minimum absolute atomic E-state index is 0. The molecule has 1 aromatic rings. The molecule has 0 aromatic carbocycles. The molecule has 0 spiro atoms. The molecule has 2 aliphatic rings. The van der Waals surface area contributed by atoms with E-state index in [4.69, 9.17) is 9.41 Å². The van der Waals surface area contributed by atoms with Crippen LogP contribution in [0.4, 0.5) is 0 Å². The van der Waals surface area contributed by atoms with Crippen molar-refractivity contribution in [1.29, 1.82) is 0 Å². The monoisotopic (exact) mass is 460 g/mol. The van der Waals surface area contributed by atoms with Crippen LogP contribution in [0.15, 0.2) is 27.8 Å². The Kier molecular flexibility index (Phi) is 7.58. The number of hydrogen-bond acceptors (Lipinski definition) is 3. The summed E-state index contributed by atoms with van der Waals surface area (Å²) in [5, 5.41) is 3.49. The number of carbonyl (C=O) groups is 1. The Labute approximate surface area is 167 Å². The third-order valence-corrected chi connectivity index (χ3v) is 4.63. The first-order chi connectivity index (χ1) is 11.6. The third kappa shape index (κ3) is 5.36. The topological polar surface area (TPSA) is 61.1 Å². The van der Waals surface area contributed by atoms with E-state index in [0.29, 0.717) is 24.3 Å². The van der Waals surface area contributed by atoms with Gasteiger partial charge < -0.3 is 19.5 Å². The van der Waals surface area contributed by atoms with Crippen molar-refractivity contribution in [3.05, 3.63) is 24.2 Å². The van der Waals surface area contributed by atoms with Gasteiger partial charge in [-0.2, -0.15) is 0 Å². The van der Waals surface area contributed by atoms with Gasteiger partial charge in [0.2, 0.25) is 5.91 Å². The minimum atomic E-state index is 0. The number of rotatable bonds is 5. The van der Waals surface area contributed by atoms with Gasteiger partial charge in [-0.05, 0) is 24.5 Å². The summed E-state index contributed by atoms with van der Waals surface area (Å²) < 4.78 is 5.39. The predicted octanol–water partition coefficient (Wildman–Crippen LogP) is 2.35. The Hall–Kier alpha value is -1.25. The number of aliphatic imine (C=N–C) groups is 1. The van der Waals surface area contributed by atoms with Crippen LogP contribution in [0.25, 0.3) is 0 Å². The van der Waals surface area contributed by atoms with Crippen LogP contribution >= 0.6 is 24.0 Å². The van der Waals surface area contributed by atoms with Gasteiger partial charge in [0.15, 0.2) is 5.96 Å². The van der Waals surface area contributed by atoms with E-state index in [1.165, 1.54) is 0 Å². The molecule has 7 heteroatoms. The van der Waals surface area contributed by atoms with Crippen molar-refractivity contribution >= 4 is 35.8 Å². The Bertz CT molecular complexity index is 574. The number of furan rings is 1. The van der Waals surface area contributed by atoms with Crippen molar-refractivity contribution in [3.8, 4) is 0 Å². The molecule has 2 saturated heterocycles. The SMILES string of the molecule is CC(C)CN=C(NCCc1ccco1)N1CCN2C(=O)CCC2C1.I. The summed E-state index contributed by atoms with van der Waals surface area (Å²) in [5.74, 6) is 2.79. The summed E-state index contributed by atoms with van der Waals surface area (Å²) in [5.41, 5.74) is 0. The largest absolute Gasteiger partial charge is 0.469 e. The van der Waals surface area contributed by atoms with E-state index in [1.807, 2.05) is 17.0 Å². The molecule has 1 N–H and O–H groups in total. The maximum absolute atomic E-state index is 11.9. The summed E-state index contributed by atoms with van der Waals surface area (Å²) in [4.78, 5) is 21.0. The zero-order valence-corrected chi connectivity index (χ0v) is 17.4. The van der Waals surface area contributed by atoms with Gasteiger partial charge in [-0.3, -0.25) is 9.79 Å². The van der Waals surface area contributed by atoms with Gasteiger partial charge in [-0.15, -0.1) is 24.0 Å². The summed E-state index contributed by atoms with van der Waals surface area (Å²) in [6.45, 7) is 8.52. The zero-order valence-electron chi connectivity index (χ0n) is 15.1. The summed E-state index contributed by atoms with van der Waals surface area (Å²) in [6, 6.07) is 4.26. The number of amides is 1. The first kappa shape index (κ1) is 20.1. The van der Waals surface area contributed by atoms with Crippen LogP contribution in [0.3, 0.4) is 0 Å². The molecule has 0 radical (unpaired) electrons. The highest BCUT2D eigenvalue weighted by molar-refractivity contribution is 14.0. The molecule has 2 fully saturated rings. The molecule has 0 aliphatic carbocycles. The molecule has 3 rings (SSSR count). The van der Waals surface area contributed by atoms with E-state index in [0.717, 1.165) is 57.3 Å². The first-order valence-corrected chi connectivity index (χ1v) is 8.98. The lowest BCUT2D eigenvalue weighted by atomic mass is 10.1. The third-order valence-electron chi connectivity index (χ3n) is 4.63. The number of nitrogens with zero attached hydrogens (tertiary/aromatic N) is 3. The number of fused-ring (bicyclic) bond motifs is 1. The van der Waals surface area contributed by atoms with Crippen molar-refractivity contribution in [3.63, 3.8) is 0 Å². The molecule has 0 saturated carbocycles. The molecule has 0 bridgehead atoms. The molecule has 3 heterocycles. The summed E-state index contributed by atoms with van der Waals surface area (Å²) in [6.07, 6.45) is 4.22. The smallest absolute Gasteiger partial charge is 0.223 e. The Morgan fingerprint density at radius 2 is 2.28 bits per heavy atom. The van der Waals surface area contributed by atoms with Crippen LogP contribution in [0, 0.1) is 5.92 Å². The summed E-state index contributed by atoms with van der Waals surface area (Å²) in [7, 11) is 0. The van der Waals surface area contributed by atoms with E-state index in [2.05, 4.69) is 24.1 Å². The number of hydrogen-bond donors (Lipinski definition) is 1. The minimum Gasteiger partial charge on any atom is -0.469 e.